The normalized spacial score (nSPS) is 14.1. The van der Waals surface area contributed by atoms with Crippen molar-refractivity contribution in [2.24, 2.45) is 0 Å². The molecule has 1 aliphatic carbocycles. The van der Waals surface area contributed by atoms with Crippen molar-refractivity contribution in [1.82, 2.24) is 0 Å². The minimum absolute atomic E-state index is 0.809. The lowest BCUT2D eigenvalue weighted by Gasteiger charge is -2.22. The van der Waals surface area contributed by atoms with Crippen molar-refractivity contribution in [2.75, 3.05) is 0 Å². The Labute approximate surface area is 132 Å². The third-order valence-corrected chi connectivity index (χ3v) is 4.14. The fourth-order valence-corrected chi connectivity index (χ4v) is 3.01. The van der Waals surface area contributed by atoms with Crippen LogP contribution >= 0.6 is 0 Å². The molecule has 22 heavy (non-hydrogen) atoms. The lowest BCUT2D eigenvalue weighted by atomic mass is 9.84. The summed E-state index contributed by atoms with van der Waals surface area (Å²) < 4.78 is 0. The van der Waals surface area contributed by atoms with Gasteiger partial charge in [0, 0.05) is 0 Å². The largest absolute Gasteiger partial charge is 0.181 e. The van der Waals surface area contributed by atoms with Crippen molar-refractivity contribution >= 4 is 0 Å². The summed E-state index contributed by atoms with van der Waals surface area (Å²) in [5.74, 6) is 0.809. The Bertz CT molecular complexity index is 627. The maximum absolute atomic E-state index is 7.26. The number of rotatable bonds is 2. The summed E-state index contributed by atoms with van der Waals surface area (Å²) >= 11 is 0. The van der Waals surface area contributed by atoms with Crippen LogP contribution < -0.4 is 0 Å². The number of hydrogen-bond donors (Lipinski definition) is 0. The van der Waals surface area contributed by atoms with Gasteiger partial charge in [-0.1, -0.05) is 73.9 Å². The molecule has 0 aromatic heterocycles. The third kappa shape index (κ3) is 4.47. The van der Waals surface area contributed by atoms with Crippen molar-refractivity contribution in [2.45, 2.75) is 38.0 Å². The first-order valence-electron chi connectivity index (χ1n) is 7.78. The van der Waals surface area contributed by atoms with Crippen LogP contribution in [0.5, 0.6) is 0 Å². The van der Waals surface area contributed by atoms with E-state index in [1.165, 1.54) is 60.9 Å². The van der Waals surface area contributed by atoms with E-state index in [4.69, 9.17) is 10.5 Å². The van der Waals surface area contributed by atoms with Crippen LogP contribution in [0.15, 0.2) is 54.6 Å². The van der Waals surface area contributed by atoms with Crippen molar-refractivity contribution in [3.05, 3.63) is 60.2 Å². The summed E-state index contributed by atoms with van der Waals surface area (Å²) in [6.45, 7) is 0. The average Bonchev–Trinajstić information content (AvgIpc) is 2.63. The van der Waals surface area contributed by atoms with E-state index in [1.807, 2.05) is 0 Å². The molecule has 2 nitrogen and oxygen atoms in total. The number of hydrogen-bond acceptors (Lipinski definition) is 2. The van der Waals surface area contributed by atoms with E-state index >= 15 is 0 Å². The van der Waals surface area contributed by atoms with Crippen LogP contribution in [0, 0.1) is 22.7 Å². The number of nitriles is 2. The first-order valence-corrected chi connectivity index (χ1v) is 7.78. The van der Waals surface area contributed by atoms with Crippen LogP contribution in [0.3, 0.4) is 0 Å². The second-order valence-corrected chi connectivity index (χ2v) is 5.55. The molecule has 1 aliphatic rings. The molecule has 2 aromatic rings. The molecule has 0 bridgehead atoms. The van der Waals surface area contributed by atoms with Crippen LogP contribution in [0.1, 0.15) is 43.6 Å². The molecule has 3 rings (SSSR count). The maximum atomic E-state index is 7.26. The highest BCUT2D eigenvalue weighted by Gasteiger charge is 2.15. The van der Waals surface area contributed by atoms with Crippen LogP contribution in [0.4, 0.5) is 0 Å². The van der Waals surface area contributed by atoms with Crippen molar-refractivity contribution in [3.63, 3.8) is 0 Å². The van der Waals surface area contributed by atoms with Gasteiger partial charge in [-0.25, -0.2) is 0 Å². The molecular weight excluding hydrogens is 268 g/mol. The molecule has 1 saturated carbocycles. The van der Waals surface area contributed by atoms with Crippen molar-refractivity contribution in [1.29, 1.82) is 10.5 Å². The lowest BCUT2D eigenvalue weighted by Crippen LogP contribution is -2.04. The average molecular weight is 288 g/mol. The Kier molecular flexibility index (Phi) is 6.21. The highest BCUT2D eigenvalue weighted by molar-refractivity contribution is 5.63. The topological polar surface area (TPSA) is 47.6 Å². The first kappa shape index (κ1) is 15.8. The van der Waals surface area contributed by atoms with Crippen molar-refractivity contribution < 1.29 is 0 Å². The van der Waals surface area contributed by atoms with Gasteiger partial charge in [0.05, 0.1) is 0 Å². The predicted octanol–water partition coefficient (Wildman–Crippen LogP) is 5.43. The fraction of sp³-hybridized carbons (Fsp3) is 0.300. The van der Waals surface area contributed by atoms with E-state index in [-0.39, 0.29) is 0 Å². The SMILES string of the molecule is N#CC#N.c1ccc(-c2ccc(C3CCCCC3)cc2)cc1. The van der Waals surface area contributed by atoms with E-state index in [9.17, 15) is 0 Å². The molecule has 0 saturated heterocycles. The Morgan fingerprint density at radius 3 is 1.77 bits per heavy atom. The molecule has 0 radical (unpaired) electrons. The van der Waals surface area contributed by atoms with E-state index < -0.39 is 0 Å². The smallest absolute Gasteiger partial charge is 0.181 e. The van der Waals surface area contributed by atoms with Gasteiger partial charge in [-0.2, -0.15) is 10.5 Å². The van der Waals surface area contributed by atoms with Gasteiger partial charge >= 0.3 is 0 Å². The highest BCUT2D eigenvalue weighted by atomic mass is 14.3. The number of nitrogens with zero attached hydrogens (tertiary/aromatic N) is 2. The monoisotopic (exact) mass is 288 g/mol. The first-order chi connectivity index (χ1) is 10.8. The summed E-state index contributed by atoms with van der Waals surface area (Å²) in [5, 5.41) is 14.5. The second-order valence-electron chi connectivity index (χ2n) is 5.55. The zero-order valence-corrected chi connectivity index (χ0v) is 12.7. The van der Waals surface area contributed by atoms with Gasteiger partial charge in [-0.3, -0.25) is 0 Å². The molecule has 0 spiro atoms. The molecule has 0 aliphatic heterocycles. The van der Waals surface area contributed by atoms with Gasteiger partial charge < -0.3 is 0 Å². The molecule has 0 unspecified atom stereocenters. The summed E-state index contributed by atoms with van der Waals surface area (Å²) in [6, 6.07) is 22.3. The van der Waals surface area contributed by atoms with E-state index in [2.05, 4.69) is 54.6 Å². The lowest BCUT2D eigenvalue weighted by molar-refractivity contribution is 0.443. The maximum Gasteiger partial charge on any atom is 0.181 e. The summed E-state index contributed by atoms with van der Waals surface area (Å²) in [5.41, 5.74) is 4.18. The predicted molar refractivity (Wildman–Crippen MR) is 88.9 cm³/mol. The minimum Gasteiger partial charge on any atom is -0.181 e. The molecule has 0 N–H and O–H groups in total. The van der Waals surface area contributed by atoms with Crippen LogP contribution in [0.2, 0.25) is 0 Å². The molecule has 0 amide bonds. The zero-order chi connectivity index (χ0) is 15.6. The minimum atomic E-state index is 0.809. The summed E-state index contributed by atoms with van der Waals surface area (Å²) in [7, 11) is 0. The van der Waals surface area contributed by atoms with E-state index in [1.54, 1.807) is 0 Å². The molecule has 110 valence electrons. The Balaban J connectivity index is 0.000000396. The highest BCUT2D eigenvalue weighted by Crippen LogP contribution is 2.33. The van der Waals surface area contributed by atoms with Gasteiger partial charge in [0.1, 0.15) is 0 Å². The second kappa shape index (κ2) is 8.65. The van der Waals surface area contributed by atoms with E-state index in [0.29, 0.717) is 0 Å². The standard InChI is InChI=1S/C18H20.C2N2/c1-3-7-15(8-4-1)17-11-13-18(14-12-17)16-9-5-2-6-10-16;3-1-2-4/h1,3-4,7-8,11-14,16H,2,5-6,9-10H2;. The molecular formula is C20H20N2. The Hall–Kier alpha value is -2.58. The van der Waals surface area contributed by atoms with Crippen LogP contribution in [-0.4, -0.2) is 0 Å². The van der Waals surface area contributed by atoms with Crippen LogP contribution in [0.25, 0.3) is 11.1 Å². The molecule has 2 aromatic carbocycles. The van der Waals surface area contributed by atoms with Gasteiger partial charge in [0.25, 0.3) is 0 Å². The van der Waals surface area contributed by atoms with Gasteiger partial charge in [0.15, 0.2) is 12.1 Å². The van der Waals surface area contributed by atoms with Gasteiger partial charge in [-0.05, 0) is 35.4 Å². The summed E-state index contributed by atoms with van der Waals surface area (Å²) in [4.78, 5) is 0. The molecule has 1 fully saturated rings. The van der Waals surface area contributed by atoms with E-state index in [0.717, 1.165) is 5.92 Å². The molecule has 0 heterocycles. The van der Waals surface area contributed by atoms with Crippen molar-refractivity contribution in [3.8, 4) is 23.3 Å². The third-order valence-electron chi connectivity index (χ3n) is 4.14. The molecule has 0 atom stereocenters. The van der Waals surface area contributed by atoms with Crippen LogP contribution in [-0.2, 0) is 0 Å². The number of benzene rings is 2. The Morgan fingerprint density at radius 1 is 0.682 bits per heavy atom. The summed E-state index contributed by atoms with van der Waals surface area (Å²) in [6.07, 6.45) is 7.00. The zero-order valence-electron chi connectivity index (χ0n) is 12.7. The fourth-order valence-electron chi connectivity index (χ4n) is 3.01. The quantitative estimate of drug-likeness (QED) is 0.739. The van der Waals surface area contributed by atoms with Gasteiger partial charge in [-0.15, -0.1) is 0 Å². The van der Waals surface area contributed by atoms with Gasteiger partial charge in [0.2, 0.25) is 0 Å². The molecule has 2 heteroatoms. The Morgan fingerprint density at radius 2 is 1.23 bits per heavy atom.